The molecule has 1 atom stereocenters. The van der Waals surface area contributed by atoms with Crippen LogP contribution in [0.2, 0.25) is 0 Å². The molecule has 0 spiro atoms. The monoisotopic (exact) mass is 318 g/mol. The first kappa shape index (κ1) is 16.0. The highest BCUT2D eigenvalue weighted by atomic mass is 16.2. The topological polar surface area (TPSA) is 82.2 Å². The minimum atomic E-state index is -0.0842. The van der Waals surface area contributed by atoms with Gasteiger partial charge in [0.05, 0.1) is 0 Å². The molecule has 3 rings (SSSR count). The number of anilines is 1. The highest BCUT2D eigenvalue weighted by Gasteiger charge is 2.30. The molecule has 1 saturated heterocycles. The van der Waals surface area contributed by atoms with Crippen LogP contribution in [0.1, 0.15) is 32.1 Å². The Labute approximate surface area is 137 Å². The summed E-state index contributed by atoms with van der Waals surface area (Å²) in [6, 6.07) is 2.72. The summed E-state index contributed by atoms with van der Waals surface area (Å²) in [4.78, 5) is 22.6. The Kier molecular flexibility index (Phi) is 5.63. The van der Waals surface area contributed by atoms with E-state index >= 15 is 0 Å². The number of carbonyl (C=O) groups is 1. The average Bonchev–Trinajstić information content (AvgIpc) is 3.24. The van der Waals surface area contributed by atoms with Gasteiger partial charge in [-0.1, -0.05) is 12.8 Å². The van der Waals surface area contributed by atoms with Crippen molar-refractivity contribution in [3.63, 3.8) is 0 Å². The Balaban J connectivity index is 1.29. The van der Waals surface area contributed by atoms with Crippen LogP contribution in [0.4, 0.5) is 10.7 Å². The zero-order valence-corrected chi connectivity index (χ0v) is 13.5. The van der Waals surface area contributed by atoms with Crippen molar-refractivity contribution < 1.29 is 4.79 Å². The molecule has 0 bridgehead atoms. The summed E-state index contributed by atoms with van der Waals surface area (Å²) in [5.74, 6) is 0.581. The van der Waals surface area contributed by atoms with Crippen LogP contribution in [0.5, 0.6) is 0 Å². The predicted molar refractivity (Wildman–Crippen MR) is 89.3 cm³/mol. The lowest BCUT2D eigenvalue weighted by molar-refractivity contribution is 0.228. The van der Waals surface area contributed by atoms with Crippen molar-refractivity contribution >= 4 is 12.0 Å². The summed E-state index contributed by atoms with van der Waals surface area (Å²) in [6.07, 6.45) is 9.80. The Morgan fingerprint density at radius 3 is 2.74 bits per heavy atom. The van der Waals surface area contributed by atoms with Gasteiger partial charge >= 0.3 is 6.03 Å². The van der Waals surface area contributed by atoms with Gasteiger partial charge < -0.3 is 16.0 Å². The molecule has 2 fully saturated rings. The lowest BCUT2D eigenvalue weighted by atomic mass is 10.2. The van der Waals surface area contributed by atoms with Crippen LogP contribution in [-0.4, -0.2) is 59.2 Å². The van der Waals surface area contributed by atoms with E-state index in [4.69, 9.17) is 0 Å². The molecule has 1 aliphatic carbocycles. The Morgan fingerprint density at radius 2 is 1.96 bits per heavy atom. The molecule has 1 saturated carbocycles. The van der Waals surface area contributed by atoms with E-state index < -0.39 is 0 Å². The number of nitrogens with one attached hydrogen (secondary N) is 3. The molecule has 7 nitrogen and oxygen atoms in total. The third kappa shape index (κ3) is 4.79. The largest absolute Gasteiger partial charge is 0.352 e. The van der Waals surface area contributed by atoms with Crippen LogP contribution in [0.3, 0.4) is 0 Å². The first-order valence-electron chi connectivity index (χ1n) is 8.60. The molecule has 2 heterocycles. The minimum Gasteiger partial charge on any atom is -0.352 e. The third-order valence-electron chi connectivity index (χ3n) is 4.66. The van der Waals surface area contributed by atoms with Crippen molar-refractivity contribution in [2.75, 3.05) is 31.5 Å². The van der Waals surface area contributed by atoms with E-state index in [1.165, 1.54) is 25.7 Å². The van der Waals surface area contributed by atoms with Crippen LogP contribution in [0.25, 0.3) is 0 Å². The highest BCUT2D eigenvalue weighted by Crippen LogP contribution is 2.26. The van der Waals surface area contributed by atoms with Gasteiger partial charge in [0, 0.05) is 50.7 Å². The second-order valence-electron chi connectivity index (χ2n) is 6.32. The minimum absolute atomic E-state index is 0.0842. The smallest absolute Gasteiger partial charge is 0.315 e. The standard InChI is InChI=1S/C16H26N6O/c23-16(20-10-9-19-15-17-7-3-8-18-15)21-13-6-11-22(12-13)14-4-1-2-5-14/h3,7-8,13-14H,1-2,4-6,9-12H2,(H,17,18,19)(H2,20,21,23). The lowest BCUT2D eigenvalue weighted by Crippen LogP contribution is -2.45. The van der Waals surface area contributed by atoms with Crippen LogP contribution in [-0.2, 0) is 0 Å². The zero-order valence-electron chi connectivity index (χ0n) is 13.5. The molecule has 0 radical (unpaired) electrons. The molecule has 7 heteroatoms. The first-order chi connectivity index (χ1) is 11.3. The summed E-state index contributed by atoms with van der Waals surface area (Å²) in [6.45, 7) is 3.26. The Bertz CT molecular complexity index is 491. The van der Waals surface area contributed by atoms with E-state index in [2.05, 4.69) is 30.8 Å². The second-order valence-corrected chi connectivity index (χ2v) is 6.32. The molecule has 2 aliphatic rings. The molecular weight excluding hydrogens is 292 g/mol. The van der Waals surface area contributed by atoms with Gasteiger partial charge in [-0.3, -0.25) is 4.90 Å². The molecule has 1 aromatic rings. The molecule has 1 aromatic heterocycles. The maximum absolute atomic E-state index is 11.9. The van der Waals surface area contributed by atoms with Gasteiger partial charge in [0.1, 0.15) is 0 Å². The lowest BCUT2D eigenvalue weighted by Gasteiger charge is -2.23. The van der Waals surface area contributed by atoms with E-state index in [1.54, 1.807) is 18.5 Å². The summed E-state index contributed by atoms with van der Waals surface area (Å²) in [5.41, 5.74) is 0. The fraction of sp³-hybridized carbons (Fsp3) is 0.688. The van der Waals surface area contributed by atoms with Crippen LogP contribution in [0, 0.1) is 0 Å². The number of amides is 2. The number of rotatable bonds is 6. The number of likely N-dealkylation sites (tertiary alicyclic amines) is 1. The highest BCUT2D eigenvalue weighted by molar-refractivity contribution is 5.74. The summed E-state index contributed by atoms with van der Waals surface area (Å²) >= 11 is 0. The van der Waals surface area contributed by atoms with Crippen molar-refractivity contribution in [3.8, 4) is 0 Å². The molecule has 23 heavy (non-hydrogen) atoms. The normalized spacial score (nSPS) is 22.2. The summed E-state index contributed by atoms with van der Waals surface area (Å²) < 4.78 is 0. The number of aromatic nitrogens is 2. The van der Waals surface area contributed by atoms with E-state index in [1.807, 2.05) is 0 Å². The van der Waals surface area contributed by atoms with E-state index in [-0.39, 0.29) is 12.1 Å². The summed E-state index contributed by atoms with van der Waals surface area (Å²) in [5, 5.41) is 9.02. The number of nitrogens with zero attached hydrogens (tertiary/aromatic N) is 3. The fourth-order valence-corrected chi connectivity index (χ4v) is 3.48. The van der Waals surface area contributed by atoms with Crippen molar-refractivity contribution in [3.05, 3.63) is 18.5 Å². The van der Waals surface area contributed by atoms with Crippen molar-refractivity contribution in [2.24, 2.45) is 0 Å². The second kappa shape index (κ2) is 8.10. The summed E-state index contributed by atoms with van der Waals surface area (Å²) in [7, 11) is 0. The van der Waals surface area contributed by atoms with Crippen molar-refractivity contribution in [1.29, 1.82) is 0 Å². The number of carbonyl (C=O) groups excluding carboxylic acids is 1. The van der Waals surface area contributed by atoms with Crippen LogP contribution < -0.4 is 16.0 Å². The van der Waals surface area contributed by atoms with E-state index in [9.17, 15) is 4.79 Å². The fourth-order valence-electron chi connectivity index (χ4n) is 3.48. The number of urea groups is 1. The Hall–Kier alpha value is -1.89. The first-order valence-corrected chi connectivity index (χ1v) is 8.60. The van der Waals surface area contributed by atoms with Crippen molar-refractivity contribution in [2.45, 2.75) is 44.2 Å². The molecule has 0 aromatic carbocycles. The third-order valence-corrected chi connectivity index (χ3v) is 4.66. The van der Waals surface area contributed by atoms with Gasteiger partial charge in [-0.15, -0.1) is 0 Å². The van der Waals surface area contributed by atoms with Crippen LogP contribution in [0.15, 0.2) is 18.5 Å². The van der Waals surface area contributed by atoms with Gasteiger partial charge in [-0.05, 0) is 25.3 Å². The molecular formula is C16H26N6O. The molecule has 1 aliphatic heterocycles. The maximum atomic E-state index is 11.9. The SMILES string of the molecule is O=C(NCCNc1ncccn1)NC1CCN(C2CCCC2)C1. The van der Waals surface area contributed by atoms with Crippen molar-refractivity contribution in [1.82, 2.24) is 25.5 Å². The maximum Gasteiger partial charge on any atom is 0.315 e. The number of hydrogen-bond donors (Lipinski definition) is 3. The van der Waals surface area contributed by atoms with Gasteiger partial charge in [-0.25, -0.2) is 14.8 Å². The predicted octanol–water partition coefficient (Wildman–Crippen LogP) is 1.20. The van der Waals surface area contributed by atoms with Crippen LogP contribution >= 0.6 is 0 Å². The van der Waals surface area contributed by atoms with E-state index in [0.29, 0.717) is 19.0 Å². The van der Waals surface area contributed by atoms with Gasteiger partial charge in [0.15, 0.2) is 0 Å². The van der Waals surface area contributed by atoms with E-state index in [0.717, 1.165) is 25.6 Å². The average molecular weight is 318 g/mol. The molecule has 2 amide bonds. The molecule has 1 unspecified atom stereocenters. The number of hydrogen-bond acceptors (Lipinski definition) is 5. The van der Waals surface area contributed by atoms with Gasteiger partial charge in [-0.2, -0.15) is 0 Å². The van der Waals surface area contributed by atoms with Gasteiger partial charge in [0.2, 0.25) is 5.95 Å². The Morgan fingerprint density at radius 1 is 1.17 bits per heavy atom. The zero-order chi connectivity index (χ0) is 15.9. The molecule has 126 valence electrons. The van der Waals surface area contributed by atoms with Gasteiger partial charge in [0.25, 0.3) is 0 Å². The quantitative estimate of drug-likeness (QED) is 0.687. The molecule has 3 N–H and O–H groups in total.